The average Bonchev–Trinajstić information content (AvgIpc) is 2.39. The Kier molecular flexibility index (Phi) is 5.49. The molecule has 0 aliphatic rings. The molecule has 96 valence electrons. The first-order valence-corrected chi connectivity index (χ1v) is 6.76. The molecule has 1 aromatic carbocycles. The highest BCUT2D eigenvalue weighted by Gasteiger charge is 2.32. The van der Waals surface area contributed by atoms with Gasteiger partial charge in [-0.25, -0.2) is 0 Å². The molecule has 0 saturated carbocycles. The molecule has 0 aliphatic heterocycles. The SMILES string of the molecule is CCCC(CC)(CN)N(CC)c1ccccc1. The van der Waals surface area contributed by atoms with Crippen LogP contribution in [0.4, 0.5) is 5.69 Å². The van der Waals surface area contributed by atoms with Gasteiger partial charge in [-0.05, 0) is 31.9 Å². The van der Waals surface area contributed by atoms with Crippen molar-refractivity contribution in [2.24, 2.45) is 5.73 Å². The molecular formula is C15H26N2. The molecule has 0 spiro atoms. The van der Waals surface area contributed by atoms with E-state index in [1.165, 1.54) is 12.1 Å². The maximum absolute atomic E-state index is 6.08. The lowest BCUT2D eigenvalue weighted by molar-refractivity contribution is 0.354. The monoisotopic (exact) mass is 234 g/mol. The maximum atomic E-state index is 6.08. The molecule has 0 amide bonds. The number of likely N-dealkylation sites (N-methyl/N-ethyl adjacent to an activating group) is 1. The van der Waals surface area contributed by atoms with Gasteiger partial charge in [0.1, 0.15) is 0 Å². The van der Waals surface area contributed by atoms with Gasteiger partial charge >= 0.3 is 0 Å². The molecular weight excluding hydrogens is 208 g/mol. The van der Waals surface area contributed by atoms with Crippen molar-refractivity contribution in [1.29, 1.82) is 0 Å². The third-order valence-corrected chi connectivity index (χ3v) is 3.71. The summed E-state index contributed by atoms with van der Waals surface area (Å²) in [7, 11) is 0. The van der Waals surface area contributed by atoms with Gasteiger partial charge in [0.2, 0.25) is 0 Å². The molecule has 2 N–H and O–H groups in total. The fourth-order valence-corrected chi connectivity index (χ4v) is 2.72. The summed E-state index contributed by atoms with van der Waals surface area (Å²) in [5.74, 6) is 0. The molecule has 17 heavy (non-hydrogen) atoms. The second-order valence-corrected chi connectivity index (χ2v) is 4.61. The minimum atomic E-state index is 0.116. The van der Waals surface area contributed by atoms with Gasteiger partial charge in [-0.1, -0.05) is 38.5 Å². The van der Waals surface area contributed by atoms with Crippen molar-refractivity contribution in [3.63, 3.8) is 0 Å². The molecule has 0 bridgehead atoms. The fourth-order valence-electron chi connectivity index (χ4n) is 2.72. The van der Waals surface area contributed by atoms with Crippen LogP contribution in [0.5, 0.6) is 0 Å². The summed E-state index contributed by atoms with van der Waals surface area (Å²) in [4.78, 5) is 2.47. The zero-order valence-electron chi connectivity index (χ0n) is 11.4. The summed E-state index contributed by atoms with van der Waals surface area (Å²) in [5, 5.41) is 0. The van der Waals surface area contributed by atoms with E-state index in [-0.39, 0.29) is 5.54 Å². The quantitative estimate of drug-likeness (QED) is 0.783. The largest absolute Gasteiger partial charge is 0.365 e. The van der Waals surface area contributed by atoms with E-state index in [1.807, 2.05) is 0 Å². The fraction of sp³-hybridized carbons (Fsp3) is 0.600. The van der Waals surface area contributed by atoms with Crippen LogP contribution in [0.2, 0.25) is 0 Å². The number of benzene rings is 1. The Morgan fingerprint density at radius 2 is 1.76 bits per heavy atom. The van der Waals surface area contributed by atoms with Crippen molar-refractivity contribution >= 4 is 5.69 Å². The van der Waals surface area contributed by atoms with Gasteiger partial charge in [-0.2, -0.15) is 0 Å². The van der Waals surface area contributed by atoms with E-state index < -0.39 is 0 Å². The molecule has 0 aromatic heterocycles. The molecule has 1 atom stereocenters. The van der Waals surface area contributed by atoms with Crippen LogP contribution in [-0.2, 0) is 0 Å². The zero-order chi connectivity index (χ0) is 12.7. The lowest BCUT2D eigenvalue weighted by Crippen LogP contribution is -2.53. The van der Waals surface area contributed by atoms with Crippen LogP contribution in [0.25, 0.3) is 0 Å². The number of hydrogen-bond acceptors (Lipinski definition) is 2. The van der Waals surface area contributed by atoms with E-state index in [4.69, 9.17) is 5.73 Å². The molecule has 0 fully saturated rings. The van der Waals surface area contributed by atoms with Crippen LogP contribution in [0.15, 0.2) is 30.3 Å². The molecule has 0 aliphatic carbocycles. The van der Waals surface area contributed by atoms with Crippen LogP contribution in [0.3, 0.4) is 0 Å². The molecule has 0 radical (unpaired) electrons. The van der Waals surface area contributed by atoms with Crippen molar-refractivity contribution in [3.05, 3.63) is 30.3 Å². The van der Waals surface area contributed by atoms with Crippen LogP contribution in [0.1, 0.15) is 40.0 Å². The van der Waals surface area contributed by atoms with E-state index in [0.717, 1.165) is 25.9 Å². The van der Waals surface area contributed by atoms with E-state index in [1.54, 1.807) is 0 Å². The maximum Gasteiger partial charge on any atom is 0.0521 e. The zero-order valence-corrected chi connectivity index (χ0v) is 11.4. The van der Waals surface area contributed by atoms with Crippen LogP contribution < -0.4 is 10.6 Å². The van der Waals surface area contributed by atoms with Gasteiger partial charge in [-0.3, -0.25) is 0 Å². The Bertz CT molecular complexity index is 304. The highest BCUT2D eigenvalue weighted by atomic mass is 15.2. The van der Waals surface area contributed by atoms with Gasteiger partial charge in [0.25, 0.3) is 0 Å². The summed E-state index contributed by atoms with van der Waals surface area (Å²) < 4.78 is 0. The molecule has 0 heterocycles. The predicted octanol–water partition coefficient (Wildman–Crippen LogP) is 3.42. The third kappa shape index (κ3) is 3.01. The normalized spacial score (nSPS) is 14.4. The van der Waals surface area contributed by atoms with E-state index in [0.29, 0.717) is 0 Å². The second kappa shape index (κ2) is 6.65. The Balaban J connectivity index is 3.05. The van der Waals surface area contributed by atoms with Gasteiger partial charge in [0, 0.05) is 18.8 Å². The predicted molar refractivity (Wildman–Crippen MR) is 76.4 cm³/mol. The Morgan fingerprint density at radius 1 is 1.12 bits per heavy atom. The number of nitrogens with zero attached hydrogens (tertiary/aromatic N) is 1. The van der Waals surface area contributed by atoms with Crippen molar-refractivity contribution < 1.29 is 0 Å². The molecule has 1 rings (SSSR count). The first-order valence-electron chi connectivity index (χ1n) is 6.76. The first kappa shape index (κ1) is 14.0. The molecule has 2 nitrogen and oxygen atoms in total. The Labute approximate surface area is 106 Å². The number of nitrogens with two attached hydrogens (primary N) is 1. The topological polar surface area (TPSA) is 29.3 Å². The summed E-state index contributed by atoms with van der Waals surface area (Å²) in [6.07, 6.45) is 3.43. The van der Waals surface area contributed by atoms with E-state index in [2.05, 4.69) is 56.0 Å². The van der Waals surface area contributed by atoms with E-state index in [9.17, 15) is 0 Å². The summed E-state index contributed by atoms with van der Waals surface area (Å²) >= 11 is 0. The Morgan fingerprint density at radius 3 is 2.18 bits per heavy atom. The molecule has 1 unspecified atom stereocenters. The van der Waals surface area contributed by atoms with Gasteiger partial charge in [0.15, 0.2) is 0 Å². The second-order valence-electron chi connectivity index (χ2n) is 4.61. The number of anilines is 1. The smallest absolute Gasteiger partial charge is 0.0521 e. The number of para-hydroxylation sites is 1. The summed E-state index contributed by atoms with van der Waals surface area (Å²) in [6, 6.07) is 10.6. The van der Waals surface area contributed by atoms with Gasteiger partial charge in [-0.15, -0.1) is 0 Å². The highest BCUT2D eigenvalue weighted by Crippen LogP contribution is 2.29. The summed E-state index contributed by atoms with van der Waals surface area (Å²) in [6.45, 7) is 8.42. The Hall–Kier alpha value is -1.02. The first-order chi connectivity index (χ1) is 8.24. The highest BCUT2D eigenvalue weighted by molar-refractivity contribution is 5.49. The number of rotatable bonds is 7. The molecule has 2 heteroatoms. The number of hydrogen-bond donors (Lipinski definition) is 1. The lowest BCUT2D eigenvalue weighted by atomic mass is 9.88. The minimum absolute atomic E-state index is 0.116. The van der Waals surface area contributed by atoms with Crippen molar-refractivity contribution in [1.82, 2.24) is 0 Å². The van der Waals surface area contributed by atoms with Crippen LogP contribution in [0, 0.1) is 0 Å². The van der Waals surface area contributed by atoms with Gasteiger partial charge in [0.05, 0.1) is 5.54 Å². The minimum Gasteiger partial charge on any atom is -0.365 e. The summed E-state index contributed by atoms with van der Waals surface area (Å²) in [5.41, 5.74) is 7.48. The van der Waals surface area contributed by atoms with Crippen molar-refractivity contribution in [2.75, 3.05) is 18.0 Å². The van der Waals surface area contributed by atoms with Crippen molar-refractivity contribution in [2.45, 2.75) is 45.6 Å². The van der Waals surface area contributed by atoms with Gasteiger partial charge < -0.3 is 10.6 Å². The van der Waals surface area contributed by atoms with E-state index >= 15 is 0 Å². The third-order valence-electron chi connectivity index (χ3n) is 3.71. The average molecular weight is 234 g/mol. The molecule has 0 saturated heterocycles. The lowest BCUT2D eigenvalue weighted by Gasteiger charge is -2.44. The van der Waals surface area contributed by atoms with Crippen LogP contribution >= 0.6 is 0 Å². The molecule has 1 aromatic rings. The van der Waals surface area contributed by atoms with Crippen molar-refractivity contribution in [3.8, 4) is 0 Å². The standard InChI is InChI=1S/C15H26N2/c1-4-12-15(5-2,13-16)17(6-3)14-10-8-7-9-11-14/h7-11H,4-6,12-13,16H2,1-3H3. The van der Waals surface area contributed by atoms with Crippen LogP contribution in [-0.4, -0.2) is 18.6 Å².